The minimum absolute atomic E-state index is 0.219. The third kappa shape index (κ3) is 3.52. The van der Waals surface area contributed by atoms with Crippen LogP contribution in [0.15, 0.2) is 29.2 Å². The first-order valence-corrected chi connectivity index (χ1v) is 7.22. The second kappa shape index (κ2) is 6.29. The van der Waals surface area contributed by atoms with Crippen molar-refractivity contribution in [3.63, 3.8) is 0 Å². The molecule has 0 atom stereocenters. The fraction of sp³-hybridized carbons (Fsp3) is 0.500. The molecule has 0 aliphatic carbocycles. The Morgan fingerprint density at radius 1 is 1.11 bits per heavy atom. The zero-order valence-electron chi connectivity index (χ0n) is 11.1. The van der Waals surface area contributed by atoms with Crippen molar-refractivity contribution in [3.05, 3.63) is 29.8 Å². The van der Waals surface area contributed by atoms with Crippen molar-refractivity contribution in [2.24, 2.45) is 5.73 Å². The Morgan fingerprint density at radius 2 is 1.72 bits per heavy atom. The minimum atomic E-state index is -3.45. The van der Waals surface area contributed by atoms with Gasteiger partial charge in [-0.05, 0) is 25.7 Å². The molecule has 0 amide bonds. The fourth-order valence-electron chi connectivity index (χ4n) is 1.55. The second-order valence-electron chi connectivity index (χ2n) is 4.44. The molecule has 0 bridgehead atoms. The van der Waals surface area contributed by atoms with Gasteiger partial charge in [0, 0.05) is 26.7 Å². The summed E-state index contributed by atoms with van der Waals surface area (Å²) in [6.45, 7) is 1.35. The van der Waals surface area contributed by atoms with Crippen LogP contribution >= 0.6 is 0 Å². The fourth-order valence-corrected chi connectivity index (χ4v) is 2.94. The van der Waals surface area contributed by atoms with Gasteiger partial charge in [0.15, 0.2) is 0 Å². The van der Waals surface area contributed by atoms with Crippen molar-refractivity contribution in [2.45, 2.75) is 11.4 Å². The highest BCUT2D eigenvalue weighted by molar-refractivity contribution is 7.89. The summed E-state index contributed by atoms with van der Waals surface area (Å²) in [5.74, 6) is 0. The summed E-state index contributed by atoms with van der Waals surface area (Å²) in [5, 5.41) is 0. The lowest BCUT2D eigenvalue weighted by atomic mass is 10.2. The molecular formula is C12H21N3O2S. The first-order chi connectivity index (χ1) is 8.39. The molecule has 0 radical (unpaired) electrons. The van der Waals surface area contributed by atoms with E-state index in [1.165, 1.54) is 4.31 Å². The minimum Gasteiger partial charge on any atom is -0.326 e. The van der Waals surface area contributed by atoms with Gasteiger partial charge in [-0.1, -0.05) is 18.2 Å². The molecular weight excluding hydrogens is 250 g/mol. The third-order valence-electron chi connectivity index (χ3n) is 2.74. The summed E-state index contributed by atoms with van der Waals surface area (Å²) in [6.07, 6.45) is 0. The quantitative estimate of drug-likeness (QED) is 0.809. The molecule has 0 fully saturated rings. The maximum Gasteiger partial charge on any atom is 0.243 e. The smallest absolute Gasteiger partial charge is 0.243 e. The zero-order valence-corrected chi connectivity index (χ0v) is 11.9. The molecule has 1 aromatic carbocycles. The standard InChI is InChI=1S/C12H21N3O2S/c1-14(2)8-9-15(3)18(16,17)12-7-5-4-6-11(12)10-13/h4-7H,8-10,13H2,1-3H3. The molecule has 18 heavy (non-hydrogen) atoms. The summed E-state index contributed by atoms with van der Waals surface area (Å²) >= 11 is 0. The predicted octanol–water partition coefficient (Wildman–Crippen LogP) is 0.327. The highest BCUT2D eigenvalue weighted by Crippen LogP contribution is 2.18. The lowest BCUT2D eigenvalue weighted by Crippen LogP contribution is -2.34. The Bertz CT molecular complexity index is 486. The van der Waals surface area contributed by atoms with Crippen molar-refractivity contribution in [1.29, 1.82) is 0 Å². The van der Waals surface area contributed by atoms with E-state index in [1.54, 1.807) is 31.3 Å². The highest BCUT2D eigenvalue weighted by atomic mass is 32.2. The predicted molar refractivity (Wildman–Crippen MR) is 72.7 cm³/mol. The summed E-state index contributed by atoms with van der Waals surface area (Å²) in [7, 11) is 1.96. The topological polar surface area (TPSA) is 66.6 Å². The second-order valence-corrected chi connectivity index (χ2v) is 6.46. The van der Waals surface area contributed by atoms with E-state index in [0.717, 1.165) is 0 Å². The van der Waals surface area contributed by atoms with E-state index in [0.29, 0.717) is 23.5 Å². The molecule has 0 saturated carbocycles. The van der Waals surface area contributed by atoms with Gasteiger partial charge in [0.25, 0.3) is 0 Å². The molecule has 0 aliphatic heterocycles. The average molecular weight is 271 g/mol. The van der Waals surface area contributed by atoms with Crippen LogP contribution in [0.25, 0.3) is 0 Å². The van der Waals surface area contributed by atoms with Crippen molar-refractivity contribution >= 4 is 10.0 Å². The van der Waals surface area contributed by atoms with E-state index in [2.05, 4.69) is 0 Å². The number of rotatable bonds is 6. The molecule has 0 spiro atoms. The molecule has 0 unspecified atom stereocenters. The Labute approximate surface area is 109 Å². The van der Waals surface area contributed by atoms with Gasteiger partial charge in [-0.15, -0.1) is 0 Å². The largest absolute Gasteiger partial charge is 0.326 e. The lowest BCUT2D eigenvalue weighted by molar-refractivity contribution is 0.358. The summed E-state index contributed by atoms with van der Waals surface area (Å²) in [5.41, 5.74) is 6.23. The van der Waals surface area contributed by atoms with Crippen LogP contribution in [-0.4, -0.2) is 51.9 Å². The molecule has 0 saturated heterocycles. The van der Waals surface area contributed by atoms with Gasteiger partial charge in [-0.2, -0.15) is 4.31 Å². The summed E-state index contributed by atoms with van der Waals surface area (Å²) < 4.78 is 26.1. The highest BCUT2D eigenvalue weighted by Gasteiger charge is 2.22. The van der Waals surface area contributed by atoms with Crippen molar-refractivity contribution < 1.29 is 8.42 Å². The summed E-state index contributed by atoms with van der Waals surface area (Å²) in [4.78, 5) is 2.25. The summed E-state index contributed by atoms with van der Waals surface area (Å²) in [6, 6.07) is 6.85. The van der Waals surface area contributed by atoms with Crippen LogP contribution in [0, 0.1) is 0 Å². The molecule has 1 rings (SSSR count). The van der Waals surface area contributed by atoms with Crippen LogP contribution in [0.2, 0.25) is 0 Å². The SMILES string of the molecule is CN(C)CCN(C)S(=O)(=O)c1ccccc1CN. The maximum absolute atomic E-state index is 12.4. The molecule has 0 heterocycles. The number of hydrogen-bond donors (Lipinski definition) is 1. The van der Waals surface area contributed by atoms with Crippen LogP contribution in [0.5, 0.6) is 0 Å². The number of nitrogens with two attached hydrogens (primary N) is 1. The number of benzene rings is 1. The molecule has 0 aromatic heterocycles. The van der Waals surface area contributed by atoms with E-state index < -0.39 is 10.0 Å². The average Bonchev–Trinajstić information content (AvgIpc) is 2.35. The van der Waals surface area contributed by atoms with Gasteiger partial charge < -0.3 is 10.6 Å². The van der Waals surface area contributed by atoms with Gasteiger partial charge in [-0.3, -0.25) is 0 Å². The first-order valence-electron chi connectivity index (χ1n) is 5.78. The van der Waals surface area contributed by atoms with E-state index >= 15 is 0 Å². The Hall–Kier alpha value is -0.950. The van der Waals surface area contributed by atoms with E-state index in [9.17, 15) is 8.42 Å². The Kier molecular flexibility index (Phi) is 5.28. The number of nitrogens with zero attached hydrogens (tertiary/aromatic N) is 2. The normalized spacial score (nSPS) is 12.3. The first kappa shape index (κ1) is 15.1. The monoisotopic (exact) mass is 271 g/mol. The lowest BCUT2D eigenvalue weighted by Gasteiger charge is -2.20. The number of likely N-dealkylation sites (N-methyl/N-ethyl adjacent to an activating group) is 2. The molecule has 6 heteroatoms. The van der Waals surface area contributed by atoms with Crippen LogP contribution in [0.3, 0.4) is 0 Å². The zero-order chi connectivity index (χ0) is 13.8. The van der Waals surface area contributed by atoms with Crippen LogP contribution < -0.4 is 5.73 Å². The molecule has 5 nitrogen and oxygen atoms in total. The van der Waals surface area contributed by atoms with Crippen LogP contribution in [0.1, 0.15) is 5.56 Å². The maximum atomic E-state index is 12.4. The van der Waals surface area contributed by atoms with Gasteiger partial charge in [0.1, 0.15) is 0 Å². The molecule has 2 N–H and O–H groups in total. The van der Waals surface area contributed by atoms with Gasteiger partial charge >= 0.3 is 0 Å². The Morgan fingerprint density at radius 3 is 2.28 bits per heavy atom. The van der Waals surface area contributed by atoms with Crippen molar-refractivity contribution in [3.8, 4) is 0 Å². The van der Waals surface area contributed by atoms with Gasteiger partial charge in [0.2, 0.25) is 10.0 Å². The van der Waals surface area contributed by atoms with E-state index in [-0.39, 0.29) is 6.54 Å². The number of hydrogen-bond acceptors (Lipinski definition) is 4. The van der Waals surface area contributed by atoms with Gasteiger partial charge in [-0.25, -0.2) is 8.42 Å². The van der Waals surface area contributed by atoms with Crippen molar-refractivity contribution in [1.82, 2.24) is 9.21 Å². The van der Waals surface area contributed by atoms with E-state index in [1.807, 2.05) is 19.0 Å². The van der Waals surface area contributed by atoms with Gasteiger partial charge in [0.05, 0.1) is 4.90 Å². The molecule has 102 valence electrons. The third-order valence-corrected chi connectivity index (χ3v) is 4.70. The Balaban J connectivity index is 2.98. The van der Waals surface area contributed by atoms with Crippen LogP contribution in [-0.2, 0) is 16.6 Å². The molecule has 0 aliphatic rings. The number of sulfonamides is 1. The van der Waals surface area contributed by atoms with E-state index in [4.69, 9.17) is 5.73 Å². The van der Waals surface area contributed by atoms with Crippen LogP contribution in [0.4, 0.5) is 0 Å². The van der Waals surface area contributed by atoms with Crippen molar-refractivity contribution in [2.75, 3.05) is 34.2 Å². The molecule has 1 aromatic rings.